The maximum Gasteiger partial charge on any atom is 0.307 e. The van der Waals surface area contributed by atoms with Gasteiger partial charge in [-0.2, -0.15) is 4.39 Å². The van der Waals surface area contributed by atoms with E-state index in [1.54, 1.807) is 6.07 Å². The molecular formula is C12H10F2N2O3. The van der Waals surface area contributed by atoms with E-state index in [2.05, 4.69) is 5.32 Å². The maximum absolute atomic E-state index is 13.5. The molecule has 0 aliphatic rings. The van der Waals surface area contributed by atoms with Crippen LogP contribution in [0.4, 0.5) is 20.2 Å². The monoisotopic (exact) mass is 268 g/mol. The number of nitro groups is 1. The number of anilines is 1. The van der Waals surface area contributed by atoms with Crippen molar-refractivity contribution in [1.82, 2.24) is 0 Å². The Morgan fingerprint density at radius 3 is 2.68 bits per heavy atom. The summed E-state index contributed by atoms with van der Waals surface area (Å²) in [6.07, 6.45) is 1.48. The fourth-order valence-electron chi connectivity index (χ4n) is 1.57. The van der Waals surface area contributed by atoms with Gasteiger partial charge < -0.3 is 9.73 Å². The Kier molecular flexibility index (Phi) is 3.46. The van der Waals surface area contributed by atoms with Crippen LogP contribution in [0.1, 0.15) is 11.3 Å². The fraction of sp³-hybridized carbons (Fsp3) is 0.167. The zero-order chi connectivity index (χ0) is 14.0. The van der Waals surface area contributed by atoms with Crippen molar-refractivity contribution in [3.63, 3.8) is 0 Å². The predicted octanol–water partition coefficient (Wildman–Crippen LogP) is 3.39. The Hall–Kier alpha value is -2.44. The van der Waals surface area contributed by atoms with E-state index in [4.69, 9.17) is 4.42 Å². The van der Waals surface area contributed by atoms with Crippen LogP contribution >= 0.6 is 0 Å². The van der Waals surface area contributed by atoms with Crippen molar-refractivity contribution >= 4 is 11.4 Å². The molecule has 0 atom stereocenters. The molecule has 1 heterocycles. The second kappa shape index (κ2) is 5.05. The summed E-state index contributed by atoms with van der Waals surface area (Å²) in [5, 5.41) is 13.2. The molecule has 0 saturated heterocycles. The predicted molar refractivity (Wildman–Crippen MR) is 63.8 cm³/mol. The summed E-state index contributed by atoms with van der Waals surface area (Å²) in [6, 6.07) is 3.04. The van der Waals surface area contributed by atoms with Crippen LogP contribution in [0.5, 0.6) is 0 Å². The first-order valence-electron chi connectivity index (χ1n) is 5.39. The maximum atomic E-state index is 13.5. The third-order valence-corrected chi connectivity index (χ3v) is 2.64. The minimum Gasteiger partial charge on any atom is -0.467 e. The van der Waals surface area contributed by atoms with E-state index >= 15 is 0 Å². The highest BCUT2D eigenvalue weighted by atomic mass is 19.1. The first-order chi connectivity index (χ1) is 8.99. The van der Waals surface area contributed by atoms with Crippen LogP contribution in [-0.2, 0) is 6.54 Å². The van der Waals surface area contributed by atoms with Crippen LogP contribution in [0.2, 0.25) is 0 Å². The number of nitro benzene ring substituents is 1. The molecule has 0 aliphatic heterocycles. The topological polar surface area (TPSA) is 68.3 Å². The van der Waals surface area contributed by atoms with Gasteiger partial charge in [0, 0.05) is 12.1 Å². The van der Waals surface area contributed by atoms with Crippen LogP contribution in [0, 0.1) is 28.7 Å². The summed E-state index contributed by atoms with van der Waals surface area (Å²) in [6.45, 7) is 1.96. The fourth-order valence-corrected chi connectivity index (χ4v) is 1.57. The molecule has 0 amide bonds. The van der Waals surface area contributed by atoms with E-state index in [0.717, 1.165) is 11.6 Å². The molecule has 1 N–H and O–H groups in total. The van der Waals surface area contributed by atoms with Crippen molar-refractivity contribution in [3.8, 4) is 0 Å². The lowest BCUT2D eigenvalue weighted by Gasteiger charge is -2.07. The lowest BCUT2D eigenvalue weighted by molar-refractivity contribution is -0.387. The summed E-state index contributed by atoms with van der Waals surface area (Å²) in [4.78, 5) is 9.66. The van der Waals surface area contributed by atoms with Crippen LogP contribution < -0.4 is 5.32 Å². The number of hydrogen-bond donors (Lipinski definition) is 1. The Morgan fingerprint density at radius 1 is 1.37 bits per heavy atom. The standard InChI is InChI=1S/C12H10F2N2O3/c1-7-2-3-19-12(7)6-15-10-5-11(16(17)18)9(14)4-8(10)13/h2-5,15H,6H2,1H3. The SMILES string of the molecule is Cc1ccoc1CNc1cc([N+](=O)[O-])c(F)cc1F. The number of nitrogens with one attached hydrogen (secondary N) is 1. The highest BCUT2D eigenvalue weighted by Gasteiger charge is 2.18. The summed E-state index contributed by atoms with van der Waals surface area (Å²) < 4.78 is 31.7. The largest absolute Gasteiger partial charge is 0.467 e. The van der Waals surface area contributed by atoms with Gasteiger partial charge in [0.15, 0.2) is 0 Å². The summed E-state index contributed by atoms with van der Waals surface area (Å²) in [5.41, 5.74) is -0.0616. The summed E-state index contributed by atoms with van der Waals surface area (Å²) in [7, 11) is 0. The molecule has 0 radical (unpaired) electrons. The number of furan rings is 1. The molecule has 2 rings (SSSR count). The van der Waals surface area contributed by atoms with E-state index in [1.165, 1.54) is 6.26 Å². The van der Waals surface area contributed by atoms with Gasteiger partial charge in [0.1, 0.15) is 11.6 Å². The van der Waals surface area contributed by atoms with Gasteiger partial charge in [-0.3, -0.25) is 10.1 Å². The minimum absolute atomic E-state index is 0.149. The average Bonchev–Trinajstić information content (AvgIpc) is 2.73. The zero-order valence-electron chi connectivity index (χ0n) is 9.94. The van der Waals surface area contributed by atoms with Gasteiger partial charge in [0.2, 0.25) is 5.82 Å². The van der Waals surface area contributed by atoms with Crippen LogP contribution in [-0.4, -0.2) is 4.92 Å². The van der Waals surface area contributed by atoms with Crippen molar-refractivity contribution < 1.29 is 18.1 Å². The molecular weight excluding hydrogens is 258 g/mol. The van der Waals surface area contributed by atoms with Gasteiger partial charge in [0.25, 0.3) is 0 Å². The molecule has 0 fully saturated rings. The molecule has 19 heavy (non-hydrogen) atoms. The number of aryl methyl sites for hydroxylation is 1. The molecule has 1 aromatic carbocycles. The number of rotatable bonds is 4. The van der Waals surface area contributed by atoms with Crippen LogP contribution in [0.3, 0.4) is 0 Å². The first kappa shape index (κ1) is 13.0. The molecule has 0 saturated carbocycles. The molecule has 7 heteroatoms. The van der Waals surface area contributed by atoms with Crippen molar-refractivity contribution in [2.75, 3.05) is 5.32 Å². The molecule has 5 nitrogen and oxygen atoms in total. The molecule has 0 spiro atoms. The molecule has 0 bridgehead atoms. The Balaban J connectivity index is 2.23. The Labute approximate surface area is 107 Å². The summed E-state index contributed by atoms with van der Waals surface area (Å²) in [5.74, 6) is -1.53. The van der Waals surface area contributed by atoms with Crippen molar-refractivity contribution in [2.24, 2.45) is 0 Å². The van der Waals surface area contributed by atoms with Crippen LogP contribution in [0.15, 0.2) is 28.9 Å². The lowest BCUT2D eigenvalue weighted by atomic mass is 10.2. The third kappa shape index (κ3) is 2.70. The van der Waals surface area contributed by atoms with E-state index < -0.39 is 22.2 Å². The Morgan fingerprint density at radius 2 is 2.11 bits per heavy atom. The van der Waals surface area contributed by atoms with Gasteiger partial charge >= 0.3 is 5.69 Å². The Bertz CT molecular complexity index is 625. The zero-order valence-corrected chi connectivity index (χ0v) is 9.94. The van der Waals surface area contributed by atoms with Crippen LogP contribution in [0.25, 0.3) is 0 Å². The molecule has 0 aliphatic carbocycles. The molecule has 100 valence electrons. The molecule has 2 aromatic rings. The van der Waals surface area contributed by atoms with Gasteiger partial charge in [-0.15, -0.1) is 0 Å². The second-order valence-electron chi connectivity index (χ2n) is 3.92. The number of nitrogens with zero attached hydrogens (tertiary/aromatic N) is 1. The number of hydrogen-bond acceptors (Lipinski definition) is 4. The van der Waals surface area contributed by atoms with Gasteiger partial charge in [-0.1, -0.05) is 0 Å². The third-order valence-electron chi connectivity index (χ3n) is 2.64. The van der Waals surface area contributed by atoms with E-state index in [0.29, 0.717) is 11.8 Å². The van der Waals surface area contributed by atoms with Gasteiger partial charge in [0.05, 0.1) is 23.4 Å². The van der Waals surface area contributed by atoms with Gasteiger partial charge in [-0.05, 0) is 18.6 Å². The van der Waals surface area contributed by atoms with Crippen molar-refractivity contribution in [3.05, 3.63) is 57.5 Å². The van der Waals surface area contributed by atoms with E-state index in [1.807, 2.05) is 6.92 Å². The van der Waals surface area contributed by atoms with Crippen molar-refractivity contribution in [1.29, 1.82) is 0 Å². The van der Waals surface area contributed by atoms with E-state index in [9.17, 15) is 18.9 Å². The van der Waals surface area contributed by atoms with Crippen molar-refractivity contribution in [2.45, 2.75) is 13.5 Å². The molecule has 0 unspecified atom stereocenters. The normalized spacial score (nSPS) is 10.5. The highest BCUT2D eigenvalue weighted by molar-refractivity contribution is 5.53. The summed E-state index contributed by atoms with van der Waals surface area (Å²) >= 11 is 0. The van der Waals surface area contributed by atoms with E-state index in [-0.39, 0.29) is 12.2 Å². The highest BCUT2D eigenvalue weighted by Crippen LogP contribution is 2.25. The molecule has 1 aromatic heterocycles. The number of halogens is 2. The minimum atomic E-state index is -1.21. The quantitative estimate of drug-likeness (QED) is 0.681. The smallest absolute Gasteiger partial charge is 0.307 e. The first-order valence-corrected chi connectivity index (χ1v) is 5.39. The average molecular weight is 268 g/mol. The number of benzene rings is 1. The second-order valence-corrected chi connectivity index (χ2v) is 3.92. The lowest BCUT2D eigenvalue weighted by Crippen LogP contribution is -2.04. The van der Waals surface area contributed by atoms with Gasteiger partial charge in [-0.25, -0.2) is 4.39 Å².